The van der Waals surface area contributed by atoms with Crippen LogP contribution in [0.5, 0.6) is 0 Å². The number of amides is 1. The summed E-state index contributed by atoms with van der Waals surface area (Å²) in [5.41, 5.74) is 3.32. The second-order valence-electron chi connectivity index (χ2n) is 3.80. The van der Waals surface area contributed by atoms with Gasteiger partial charge in [-0.1, -0.05) is 0 Å². The first-order chi connectivity index (χ1) is 9.63. The zero-order valence-electron chi connectivity index (χ0n) is 10.3. The van der Waals surface area contributed by atoms with Gasteiger partial charge in [0.1, 0.15) is 5.76 Å². The predicted octanol–water partition coefficient (Wildman–Crippen LogP) is 3.05. The first-order valence-electron chi connectivity index (χ1n) is 5.70. The fourth-order valence-electron chi connectivity index (χ4n) is 1.36. The number of hydrazone groups is 1. The fraction of sp³-hybridized carbons (Fsp3) is 0.0769. The van der Waals surface area contributed by atoms with Crippen LogP contribution in [0.25, 0.3) is 0 Å². The number of furan rings is 1. The number of carbonyl (C=O) groups is 1. The average molecular weight is 495 g/mol. The van der Waals surface area contributed by atoms with Gasteiger partial charge >= 0.3 is 0 Å². The third-order valence-electron chi connectivity index (χ3n) is 2.27. The zero-order valence-corrected chi connectivity index (χ0v) is 14.6. The molecule has 0 aliphatic rings. The molecule has 1 aromatic heterocycles. The van der Waals surface area contributed by atoms with Crippen molar-refractivity contribution >= 4 is 63.0 Å². The molecule has 2 aromatic rings. The van der Waals surface area contributed by atoms with Gasteiger partial charge in [-0.15, -0.1) is 0 Å². The molecule has 5 nitrogen and oxygen atoms in total. The third kappa shape index (κ3) is 5.12. The Morgan fingerprint density at radius 3 is 2.60 bits per heavy atom. The molecular formula is C13H11I2N3O2. The molecule has 1 amide bonds. The van der Waals surface area contributed by atoms with Crippen LogP contribution in [-0.4, -0.2) is 18.7 Å². The van der Waals surface area contributed by atoms with Crippen molar-refractivity contribution < 1.29 is 9.21 Å². The standard InChI is InChI=1S/C13H11I2N3O2/c14-9-1-3-10(4-2-9)16-8-13(19)18-17-7-11-5-6-12(15)20-11/h1-7,16H,8H2,(H,18,19)/b17-7-. The largest absolute Gasteiger partial charge is 0.449 e. The van der Waals surface area contributed by atoms with Gasteiger partial charge in [-0.2, -0.15) is 5.10 Å². The molecule has 7 heteroatoms. The molecule has 104 valence electrons. The summed E-state index contributed by atoms with van der Waals surface area (Å²) in [7, 11) is 0. The third-order valence-corrected chi connectivity index (χ3v) is 3.57. The quantitative estimate of drug-likeness (QED) is 0.381. The fourth-order valence-corrected chi connectivity index (χ4v) is 2.15. The van der Waals surface area contributed by atoms with Crippen LogP contribution < -0.4 is 10.7 Å². The van der Waals surface area contributed by atoms with E-state index in [4.69, 9.17) is 4.42 Å². The van der Waals surface area contributed by atoms with Gasteiger partial charge in [-0.25, -0.2) is 5.43 Å². The molecule has 0 fully saturated rings. The summed E-state index contributed by atoms with van der Waals surface area (Å²) >= 11 is 4.29. The van der Waals surface area contributed by atoms with Crippen molar-refractivity contribution in [2.45, 2.75) is 0 Å². The molecule has 0 atom stereocenters. The molecule has 0 unspecified atom stereocenters. The van der Waals surface area contributed by atoms with Crippen molar-refractivity contribution in [3.63, 3.8) is 0 Å². The molecule has 0 aliphatic heterocycles. The lowest BCUT2D eigenvalue weighted by molar-refractivity contribution is -0.119. The lowest BCUT2D eigenvalue weighted by atomic mass is 10.3. The SMILES string of the molecule is O=C(CNc1ccc(I)cc1)N/N=C\c1ccc(I)o1. The number of rotatable bonds is 5. The van der Waals surface area contributed by atoms with E-state index in [1.165, 1.54) is 6.21 Å². The van der Waals surface area contributed by atoms with Crippen LogP contribution in [0.1, 0.15) is 5.76 Å². The van der Waals surface area contributed by atoms with E-state index in [2.05, 4.69) is 61.0 Å². The van der Waals surface area contributed by atoms with Crippen molar-refractivity contribution in [1.82, 2.24) is 5.43 Å². The highest BCUT2D eigenvalue weighted by molar-refractivity contribution is 14.1. The van der Waals surface area contributed by atoms with Crippen LogP contribution >= 0.6 is 45.2 Å². The van der Waals surface area contributed by atoms with Crippen molar-refractivity contribution in [3.05, 3.63) is 49.5 Å². The first-order valence-corrected chi connectivity index (χ1v) is 7.86. The molecule has 2 N–H and O–H groups in total. The Bertz CT molecular complexity index is 608. The molecule has 2 rings (SSSR count). The van der Waals surface area contributed by atoms with E-state index in [0.29, 0.717) is 5.76 Å². The molecular weight excluding hydrogens is 484 g/mol. The van der Waals surface area contributed by atoms with Gasteiger partial charge in [-0.05, 0) is 81.6 Å². The molecule has 0 bridgehead atoms. The predicted molar refractivity (Wildman–Crippen MR) is 94.8 cm³/mol. The summed E-state index contributed by atoms with van der Waals surface area (Å²) < 4.78 is 7.20. The zero-order chi connectivity index (χ0) is 14.4. The molecule has 0 spiro atoms. The van der Waals surface area contributed by atoms with Gasteiger partial charge < -0.3 is 9.73 Å². The maximum atomic E-state index is 11.6. The van der Waals surface area contributed by atoms with E-state index in [1.807, 2.05) is 30.3 Å². The lowest BCUT2D eigenvalue weighted by Gasteiger charge is -2.04. The topological polar surface area (TPSA) is 66.6 Å². The minimum Gasteiger partial charge on any atom is -0.449 e. The number of hydrogen-bond acceptors (Lipinski definition) is 4. The van der Waals surface area contributed by atoms with Crippen LogP contribution in [0.2, 0.25) is 0 Å². The molecule has 1 heterocycles. The number of carbonyl (C=O) groups excluding carboxylic acids is 1. The van der Waals surface area contributed by atoms with E-state index in [0.717, 1.165) is 13.0 Å². The smallest absolute Gasteiger partial charge is 0.259 e. The number of benzene rings is 1. The van der Waals surface area contributed by atoms with E-state index >= 15 is 0 Å². The van der Waals surface area contributed by atoms with Crippen LogP contribution in [0.15, 0.2) is 45.9 Å². The summed E-state index contributed by atoms with van der Waals surface area (Å²) in [6.45, 7) is 0.160. The molecule has 0 aliphatic carbocycles. The Hall–Kier alpha value is -1.10. The summed E-state index contributed by atoms with van der Waals surface area (Å²) in [6, 6.07) is 11.4. The van der Waals surface area contributed by atoms with Crippen molar-refractivity contribution in [1.29, 1.82) is 0 Å². The van der Waals surface area contributed by atoms with Gasteiger partial charge in [0.2, 0.25) is 0 Å². The number of halogens is 2. The summed E-state index contributed by atoms with van der Waals surface area (Å²) in [6.07, 6.45) is 1.46. The Morgan fingerprint density at radius 2 is 1.95 bits per heavy atom. The van der Waals surface area contributed by atoms with Crippen molar-refractivity contribution in [2.75, 3.05) is 11.9 Å². The van der Waals surface area contributed by atoms with E-state index in [-0.39, 0.29) is 12.5 Å². The highest BCUT2D eigenvalue weighted by Gasteiger charge is 2.00. The van der Waals surface area contributed by atoms with E-state index < -0.39 is 0 Å². The summed E-state index contributed by atoms with van der Waals surface area (Å²) in [5.74, 6) is 0.376. The summed E-state index contributed by atoms with van der Waals surface area (Å²) in [4.78, 5) is 11.6. The minimum absolute atomic E-state index is 0.160. The number of hydrogen-bond donors (Lipinski definition) is 2. The molecule has 0 radical (unpaired) electrons. The van der Waals surface area contributed by atoms with Gasteiger partial charge in [0.15, 0.2) is 3.77 Å². The van der Waals surface area contributed by atoms with Crippen LogP contribution in [0.3, 0.4) is 0 Å². The maximum Gasteiger partial charge on any atom is 0.259 e. The Balaban J connectivity index is 1.75. The minimum atomic E-state index is -0.221. The molecule has 0 saturated carbocycles. The van der Waals surface area contributed by atoms with Gasteiger partial charge in [0.05, 0.1) is 12.8 Å². The Morgan fingerprint density at radius 1 is 1.20 bits per heavy atom. The highest BCUT2D eigenvalue weighted by Crippen LogP contribution is 2.10. The molecule has 20 heavy (non-hydrogen) atoms. The lowest BCUT2D eigenvalue weighted by Crippen LogP contribution is -2.25. The van der Waals surface area contributed by atoms with E-state index in [9.17, 15) is 4.79 Å². The highest BCUT2D eigenvalue weighted by atomic mass is 127. The first kappa shape index (κ1) is 15.3. The monoisotopic (exact) mass is 495 g/mol. The number of anilines is 1. The van der Waals surface area contributed by atoms with E-state index in [1.54, 1.807) is 6.07 Å². The average Bonchev–Trinajstić information content (AvgIpc) is 2.84. The van der Waals surface area contributed by atoms with Gasteiger partial charge in [-0.3, -0.25) is 4.79 Å². The van der Waals surface area contributed by atoms with Crippen LogP contribution in [0, 0.1) is 7.34 Å². The normalized spacial score (nSPS) is 10.7. The summed E-state index contributed by atoms with van der Waals surface area (Å²) in [5, 5.41) is 6.83. The van der Waals surface area contributed by atoms with Crippen LogP contribution in [0.4, 0.5) is 5.69 Å². The Kier molecular flexibility index (Phi) is 5.83. The van der Waals surface area contributed by atoms with Crippen LogP contribution in [-0.2, 0) is 4.79 Å². The number of nitrogens with one attached hydrogen (secondary N) is 2. The maximum absolute atomic E-state index is 11.6. The van der Waals surface area contributed by atoms with Gasteiger partial charge in [0, 0.05) is 9.26 Å². The van der Waals surface area contributed by atoms with Gasteiger partial charge in [0.25, 0.3) is 5.91 Å². The second kappa shape index (κ2) is 7.62. The number of nitrogens with zero attached hydrogens (tertiary/aromatic N) is 1. The second-order valence-corrected chi connectivity index (χ2v) is 6.10. The molecule has 1 aromatic carbocycles. The van der Waals surface area contributed by atoms with Crippen molar-refractivity contribution in [3.8, 4) is 0 Å². The van der Waals surface area contributed by atoms with Crippen molar-refractivity contribution in [2.24, 2.45) is 5.10 Å². The Labute approximate surface area is 143 Å². The molecule has 0 saturated heterocycles.